The minimum Gasteiger partial charge on any atom is -0.480 e. The largest absolute Gasteiger partial charge is 0.480 e. The Kier molecular flexibility index (Phi) is 21.2. The van der Waals surface area contributed by atoms with Gasteiger partial charge in [0.1, 0.15) is 24.9 Å². The molecule has 4 atom stereocenters. The molecular weight excluding hydrogens is 626 g/mol. The van der Waals surface area contributed by atoms with E-state index in [1.165, 1.54) is 6.92 Å². The topological polar surface area (TPSA) is 296 Å². The highest BCUT2D eigenvalue weighted by atomic mass is 32.2. The second kappa shape index (κ2) is 23.0. The number of aliphatic hydroxyl groups is 1. The molecule has 0 heterocycles. The molecule has 4 unspecified atom stereocenters. The van der Waals surface area contributed by atoms with Gasteiger partial charge < -0.3 is 46.1 Å². The van der Waals surface area contributed by atoms with E-state index in [1.807, 2.05) is 6.92 Å². The van der Waals surface area contributed by atoms with Crippen molar-refractivity contribution in [2.45, 2.75) is 64.3 Å². The van der Waals surface area contributed by atoms with Crippen molar-refractivity contribution in [1.29, 1.82) is 0 Å². The molecular formula is C25H45N5O14S. The SMILES string of the molecule is CCCNC(=O)CNC(=O)CCC(NC(=O)COCCOCCNC(=O)CCC(NC(O)C(C)CS(=O)(=O)O)C(=O)O)C(=O)O. The van der Waals surface area contributed by atoms with E-state index in [0.717, 1.165) is 6.42 Å². The Balaban J connectivity index is 4.14. The van der Waals surface area contributed by atoms with Crippen LogP contribution in [0, 0.1) is 5.92 Å². The summed E-state index contributed by atoms with van der Waals surface area (Å²) in [5.41, 5.74) is 0. The van der Waals surface area contributed by atoms with Crippen LogP contribution in [0.3, 0.4) is 0 Å². The maximum Gasteiger partial charge on any atom is 0.326 e. The fourth-order valence-corrected chi connectivity index (χ4v) is 4.29. The van der Waals surface area contributed by atoms with Gasteiger partial charge in [-0.1, -0.05) is 13.8 Å². The molecule has 0 fully saturated rings. The van der Waals surface area contributed by atoms with E-state index in [0.29, 0.717) is 6.54 Å². The molecule has 45 heavy (non-hydrogen) atoms. The highest BCUT2D eigenvalue weighted by Crippen LogP contribution is 2.07. The molecule has 0 aliphatic rings. The molecule has 0 rings (SSSR count). The van der Waals surface area contributed by atoms with Gasteiger partial charge in [-0.05, 0) is 19.3 Å². The molecule has 0 aliphatic carbocycles. The summed E-state index contributed by atoms with van der Waals surface area (Å²) in [6, 6.07) is -2.71. The highest BCUT2D eigenvalue weighted by molar-refractivity contribution is 7.85. The lowest BCUT2D eigenvalue weighted by atomic mass is 10.1. The normalized spacial score (nSPS) is 14.0. The van der Waals surface area contributed by atoms with Crippen molar-refractivity contribution < 1.29 is 66.5 Å². The molecule has 0 aromatic carbocycles. The third kappa shape index (κ3) is 22.7. The maximum absolute atomic E-state index is 12.0. The van der Waals surface area contributed by atoms with E-state index in [9.17, 15) is 52.5 Å². The second-order valence-electron chi connectivity index (χ2n) is 9.91. The number of aliphatic carboxylic acids is 2. The van der Waals surface area contributed by atoms with Crippen molar-refractivity contribution in [2.75, 3.05) is 51.8 Å². The van der Waals surface area contributed by atoms with Gasteiger partial charge in [0.05, 0.1) is 32.1 Å². The molecule has 0 aromatic rings. The molecule has 0 spiro atoms. The molecule has 0 radical (unpaired) electrons. The van der Waals surface area contributed by atoms with Crippen LogP contribution in [0.5, 0.6) is 0 Å². The smallest absolute Gasteiger partial charge is 0.326 e. The van der Waals surface area contributed by atoms with Crippen molar-refractivity contribution >= 4 is 45.7 Å². The number of ether oxygens (including phenoxy) is 2. The van der Waals surface area contributed by atoms with Crippen LogP contribution >= 0.6 is 0 Å². The summed E-state index contributed by atoms with van der Waals surface area (Å²) in [7, 11) is -4.38. The third-order valence-electron chi connectivity index (χ3n) is 5.83. The number of rotatable bonds is 26. The summed E-state index contributed by atoms with van der Waals surface area (Å²) < 4.78 is 41.1. The number of carboxylic acids is 2. The maximum atomic E-state index is 12.0. The third-order valence-corrected chi connectivity index (χ3v) is 6.78. The van der Waals surface area contributed by atoms with Crippen LogP contribution in [0.25, 0.3) is 0 Å². The van der Waals surface area contributed by atoms with Crippen LogP contribution in [-0.4, -0.2) is 134 Å². The zero-order valence-corrected chi connectivity index (χ0v) is 26.1. The van der Waals surface area contributed by atoms with Crippen molar-refractivity contribution in [3.05, 3.63) is 0 Å². The van der Waals surface area contributed by atoms with Crippen LogP contribution in [0.1, 0.15) is 46.0 Å². The summed E-state index contributed by atoms with van der Waals surface area (Å²) >= 11 is 0. The van der Waals surface area contributed by atoms with E-state index in [4.69, 9.17) is 14.0 Å². The van der Waals surface area contributed by atoms with Gasteiger partial charge in [0, 0.05) is 31.8 Å². The van der Waals surface area contributed by atoms with Crippen LogP contribution < -0.4 is 26.6 Å². The van der Waals surface area contributed by atoms with Crippen LogP contribution in [0.2, 0.25) is 0 Å². The summed E-state index contributed by atoms with van der Waals surface area (Å²) in [5.74, 6) is -6.69. The Bertz CT molecular complexity index is 1070. The monoisotopic (exact) mass is 671 g/mol. The van der Waals surface area contributed by atoms with E-state index in [1.54, 1.807) is 0 Å². The average Bonchev–Trinajstić information content (AvgIpc) is 2.94. The zero-order valence-electron chi connectivity index (χ0n) is 25.3. The van der Waals surface area contributed by atoms with Crippen molar-refractivity contribution in [3.63, 3.8) is 0 Å². The number of amides is 4. The Labute approximate surface area is 260 Å². The van der Waals surface area contributed by atoms with Crippen molar-refractivity contribution in [3.8, 4) is 0 Å². The fourth-order valence-electron chi connectivity index (χ4n) is 3.45. The van der Waals surface area contributed by atoms with E-state index < -0.39 is 76.4 Å². The van der Waals surface area contributed by atoms with Crippen LogP contribution in [-0.2, 0) is 48.4 Å². The van der Waals surface area contributed by atoms with Gasteiger partial charge in [-0.15, -0.1) is 0 Å². The lowest BCUT2D eigenvalue weighted by molar-refractivity contribution is -0.143. The molecule has 4 amide bonds. The Hall–Kier alpha value is -3.43. The van der Waals surface area contributed by atoms with Gasteiger partial charge in [-0.3, -0.25) is 33.8 Å². The van der Waals surface area contributed by atoms with Gasteiger partial charge >= 0.3 is 11.9 Å². The number of carboxylic acid groups (broad SMARTS) is 2. The minimum atomic E-state index is -4.38. The molecule has 19 nitrogen and oxygen atoms in total. The van der Waals surface area contributed by atoms with Gasteiger partial charge in [-0.25, -0.2) is 4.79 Å². The summed E-state index contributed by atoms with van der Waals surface area (Å²) in [4.78, 5) is 70.1. The predicted molar refractivity (Wildman–Crippen MR) is 155 cm³/mol. The van der Waals surface area contributed by atoms with Gasteiger partial charge in [-0.2, -0.15) is 8.42 Å². The summed E-state index contributed by atoms with van der Waals surface area (Å²) in [5, 5.41) is 40.5. The quantitative estimate of drug-likeness (QED) is 0.0248. The first-order valence-corrected chi connectivity index (χ1v) is 15.8. The number of carbonyl (C=O) groups excluding carboxylic acids is 4. The molecule has 9 N–H and O–H groups in total. The predicted octanol–water partition coefficient (Wildman–Crippen LogP) is -3.21. The van der Waals surface area contributed by atoms with Crippen LogP contribution in [0.15, 0.2) is 0 Å². The zero-order chi connectivity index (χ0) is 34.4. The van der Waals surface area contributed by atoms with Gasteiger partial charge in [0.15, 0.2) is 0 Å². The molecule has 20 heteroatoms. The Morgan fingerprint density at radius 2 is 1.31 bits per heavy atom. The number of hydrogen-bond acceptors (Lipinski definition) is 12. The van der Waals surface area contributed by atoms with Crippen LogP contribution in [0.4, 0.5) is 0 Å². The fraction of sp³-hybridized carbons (Fsp3) is 0.760. The Morgan fingerprint density at radius 3 is 1.89 bits per heavy atom. The van der Waals surface area contributed by atoms with E-state index >= 15 is 0 Å². The number of aliphatic hydroxyl groups excluding tert-OH is 1. The minimum absolute atomic E-state index is 0.0299. The van der Waals surface area contributed by atoms with Crippen molar-refractivity contribution in [1.82, 2.24) is 26.6 Å². The first-order chi connectivity index (χ1) is 21.0. The average molecular weight is 672 g/mol. The number of carbonyl (C=O) groups is 6. The van der Waals surface area contributed by atoms with Gasteiger partial charge in [0.2, 0.25) is 23.6 Å². The van der Waals surface area contributed by atoms with E-state index in [2.05, 4.69) is 26.6 Å². The lowest BCUT2D eigenvalue weighted by Gasteiger charge is -2.23. The molecule has 260 valence electrons. The van der Waals surface area contributed by atoms with Gasteiger partial charge in [0.25, 0.3) is 10.1 Å². The summed E-state index contributed by atoms with van der Waals surface area (Å²) in [6.45, 7) is 3.02. The number of hydrogen-bond donors (Lipinski definition) is 9. The first kappa shape index (κ1) is 41.6. The molecule has 0 saturated heterocycles. The molecule has 0 bridgehead atoms. The van der Waals surface area contributed by atoms with E-state index in [-0.39, 0.29) is 64.5 Å². The second-order valence-corrected chi connectivity index (χ2v) is 11.4. The molecule has 0 saturated carbocycles. The Morgan fingerprint density at radius 1 is 0.756 bits per heavy atom. The van der Waals surface area contributed by atoms with Crippen molar-refractivity contribution in [2.24, 2.45) is 5.92 Å². The highest BCUT2D eigenvalue weighted by Gasteiger charge is 2.26. The molecule has 0 aliphatic heterocycles. The first-order valence-electron chi connectivity index (χ1n) is 14.2. The number of nitrogens with one attached hydrogen (secondary N) is 5. The molecule has 0 aromatic heterocycles. The lowest BCUT2D eigenvalue weighted by Crippen LogP contribution is -2.47. The standard InChI is InChI=1S/C25H45N5O14S/c1-3-8-26-21(33)13-28-20(32)7-4-17(24(36)37)29-22(34)14-44-12-11-43-10-9-27-19(31)6-5-18(25(38)39)30-23(35)16(2)15-45(40,41)42/h16-18,23,30,35H,3-15H2,1-2H3,(H,26,33)(H,27,31)(H,28,32)(H,29,34)(H,36,37)(H,38,39)(H,40,41,42). The summed E-state index contributed by atoms with van der Waals surface area (Å²) in [6.07, 6.45) is -1.72.